The van der Waals surface area contributed by atoms with E-state index in [-0.39, 0.29) is 5.97 Å². The first kappa shape index (κ1) is 10.5. The van der Waals surface area contributed by atoms with Crippen molar-refractivity contribution in [3.8, 4) is 0 Å². The Labute approximate surface area is 94.6 Å². The van der Waals surface area contributed by atoms with Gasteiger partial charge in [0.25, 0.3) is 0 Å². The molecule has 3 heteroatoms. The third-order valence-electron chi connectivity index (χ3n) is 2.20. The van der Waals surface area contributed by atoms with E-state index in [1.807, 2.05) is 19.1 Å². The Morgan fingerprint density at radius 1 is 1.40 bits per heavy atom. The standard InChI is InChI=1S/C12H12O2Se/c1-2-14-12(13)7-9-8-15-11-6-4-3-5-10(9)11/h3-6,8H,2,7H2,1H3. The van der Waals surface area contributed by atoms with E-state index in [1.165, 1.54) is 9.65 Å². The summed E-state index contributed by atoms with van der Waals surface area (Å²) in [5.41, 5.74) is 1.13. The third-order valence-corrected chi connectivity index (χ3v) is 4.33. The summed E-state index contributed by atoms with van der Waals surface area (Å²) in [6.45, 7) is 2.29. The van der Waals surface area contributed by atoms with Gasteiger partial charge in [0.2, 0.25) is 0 Å². The van der Waals surface area contributed by atoms with Gasteiger partial charge in [-0.25, -0.2) is 0 Å². The third kappa shape index (κ3) is 2.31. The van der Waals surface area contributed by atoms with E-state index in [9.17, 15) is 4.79 Å². The Balaban J connectivity index is 2.25. The average molecular weight is 267 g/mol. The molecule has 0 aliphatic carbocycles. The van der Waals surface area contributed by atoms with Gasteiger partial charge >= 0.3 is 94.4 Å². The fourth-order valence-corrected chi connectivity index (χ4v) is 3.56. The summed E-state index contributed by atoms with van der Waals surface area (Å²) in [7, 11) is 0. The summed E-state index contributed by atoms with van der Waals surface area (Å²) >= 11 is 0.387. The van der Waals surface area contributed by atoms with Crippen LogP contribution in [0, 0.1) is 0 Å². The normalized spacial score (nSPS) is 10.5. The van der Waals surface area contributed by atoms with Crippen molar-refractivity contribution in [2.24, 2.45) is 0 Å². The number of benzene rings is 1. The van der Waals surface area contributed by atoms with E-state index in [2.05, 4.69) is 17.1 Å². The average Bonchev–Trinajstić information content (AvgIpc) is 2.62. The van der Waals surface area contributed by atoms with E-state index < -0.39 is 0 Å². The molecular formula is C12H12O2Se. The van der Waals surface area contributed by atoms with Crippen molar-refractivity contribution in [3.63, 3.8) is 0 Å². The Bertz CT molecular complexity index is 473. The molecule has 0 atom stereocenters. The Kier molecular flexibility index (Phi) is 3.24. The molecule has 1 aromatic carbocycles. The molecule has 0 amide bonds. The summed E-state index contributed by atoms with van der Waals surface area (Å²) in [5.74, 6) is -0.128. The van der Waals surface area contributed by atoms with Crippen LogP contribution in [0.1, 0.15) is 12.5 Å². The minimum absolute atomic E-state index is 0.128. The van der Waals surface area contributed by atoms with Crippen LogP contribution in [-0.4, -0.2) is 27.1 Å². The van der Waals surface area contributed by atoms with Crippen LogP contribution in [0.4, 0.5) is 0 Å². The zero-order valence-electron chi connectivity index (χ0n) is 8.53. The quantitative estimate of drug-likeness (QED) is 0.628. The molecule has 2 aromatic rings. The van der Waals surface area contributed by atoms with Crippen LogP contribution in [-0.2, 0) is 16.0 Å². The van der Waals surface area contributed by atoms with Gasteiger partial charge in [-0.05, 0) is 0 Å². The van der Waals surface area contributed by atoms with Crippen LogP contribution >= 0.6 is 0 Å². The Morgan fingerprint density at radius 2 is 2.20 bits per heavy atom. The van der Waals surface area contributed by atoms with Crippen molar-refractivity contribution in [1.29, 1.82) is 0 Å². The molecule has 0 aliphatic heterocycles. The number of carbonyl (C=O) groups excluding carboxylic acids is 1. The Morgan fingerprint density at radius 3 is 3.00 bits per heavy atom. The molecule has 15 heavy (non-hydrogen) atoms. The predicted molar refractivity (Wildman–Crippen MR) is 61.2 cm³/mol. The van der Waals surface area contributed by atoms with Gasteiger partial charge in [-0.1, -0.05) is 0 Å². The van der Waals surface area contributed by atoms with E-state index in [1.54, 1.807) is 0 Å². The number of hydrogen-bond acceptors (Lipinski definition) is 2. The predicted octanol–water partition coefficient (Wildman–Crippen LogP) is 2.00. The van der Waals surface area contributed by atoms with Crippen molar-refractivity contribution in [2.75, 3.05) is 6.61 Å². The second-order valence-electron chi connectivity index (χ2n) is 3.24. The molecule has 2 nitrogen and oxygen atoms in total. The SMILES string of the molecule is CCOC(=O)Cc1c[se]c2ccccc12. The first-order valence-electron chi connectivity index (χ1n) is 4.92. The molecule has 0 radical (unpaired) electrons. The summed E-state index contributed by atoms with van der Waals surface area (Å²) in [6, 6.07) is 8.26. The molecule has 0 unspecified atom stereocenters. The van der Waals surface area contributed by atoms with Gasteiger partial charge in [0.05, 0.1) is 0 Å². The maximum absolute atomic E-state index is 11.4. The minimum atomic E-state index is -0.128. The van der Waals surface area contributed by atoms with E-state index in [4.69, 9.17) is 4.74 Å². The van der Waals surface area contributed by atoms with Crippen molar-refractivity contribution in [1.82, 2.24) is 0 Å². The topological polar surface area (TPSA) is 26.3 Å². The molecule has 1 heterocycles. The fraction of sp³-hybridized carbons (Fsp3) is 0.250. The fourth-order valence-electron chi connectivity index (χ4n) is 1.54. The summed E-state index contributed by atoms with van der Waals surface area (Å²) in [4.78, 5) is 13.5. The monoisotopic (exact) mass is 268 g/mol. The van der Waals surface area contributed by atoms with Crippen LogP contribution in [0.5, 0.6) is 0 Å². The van der Waals surface area contributed by atoms with Gasteiger partial charge in [0, 0.05) is 0 Å². The van der Waals surface area contributed by atoms with Gasteiger partial charge in [-0.15, -0.1) is 0 Å². The molecule has 0 fully saturated rings. The van der Waals surface area contributed by atoms with Gasteiger partial charge in [0.1, 0.15) is 0 Å². The first-order chi connectivity index (χ1) is 7.31. The van der Waals surface area contributed by atoms with Crippen LogP contribution in [0.15, 0.2) is 29.2 Å². The van der Waals surface area contributed by atoms with Crippen molar-refractivity contribution < 1.29 is 9.53 Å². The van der Waals surface area contributed by atoms with Crippen LogP contribution < -0.4 is 0 Å². The van der Waals surface area contributed by atoms with Crippen molar-refractivity contribution >= 4 is 30.1 Å². The molecule has 0 N–H and O–H groups in total. The number of carbonyl (C=O) groups is 1. The Hall–Kier alpha value is -1.05. The maximum atomic E-state index is 11.4. The molecule has 0 saturated carbocycles. The molecule has 78 valence electrons. The molecular weight excluding hydrogens is 255 g/mol. The second-order valence-corrected chi connectivity index (χ2v) is 5.15. The van der Waals surface area contributed by atoms with E-state index in [0.29, 0.717) is 27.5 Å². The first-order valence-corrected chi connectivity index (χ1v) is 6.76. The molecule has 0 aliphatic rings. The number of rotatable bonds is 3. The van der Waals surface area contributed by atoms with Gasteiger partial charge < -0.3 is 0 Å². The molecule has 0 spiro atoms. The van der Waals surface area contributed by atoms with Gasteiger partial charge in [0.15, 0.2) is 0 Å². The van der Waals surface area contributed by atoms with E-state index in [0.717, 1.165) is 5.56 Å². The van der Waals surface area contributed by atoms with E-state index >= 15 is 0 Å². The van der Waals surface area contributed by atoms with Crippen LogP contribution in [0.25, 0.3) is 9.65 Å². The van der Waals surface area contributed by atoms with Gasteiger partial charge in [-0.2, -0.15) is 0 Å². The summed E-state index contributed by atoms with van der Waals surface area (Å²) < 4.78 is 6.31. The van der Waals surface area contributed by atoms with Crippen LogP contribution in [0.3, 0.4) is 0 Å². The molecule has 0 saturated heterocycles. The second kappa shape index (κ2) is 4.65. The molecule has 0 bridgehead atoms. The van der Waals surface area contributed by atoms with Crippen molar-refractivity contribution in [2.45, 2.75) is 13.3 Å². The number of fused-ring (bicyclic) bond motifs is 1. The zero-order valence-corrected chi connectivity index (χ0v) is 10.2. The zero-order chi connectivity index (χ0) is 10.7. The van der Waals surface area contributed by atoms with Gasteiger partial charge in [-0.3, -0.25) is 0 Å². The number of hydrogen-bond donors (Lipinski definition) is 0. The summed E-state index contributed by atoms with van der Waals surface area (Å²) in [6.07, 6.45) is 0.409. The summed E-state index contributed by atoms with van der Waals surface area (Å²) in [5, 5.41) is 1.23. The molecule has 2 rings (SSSR count). The number of esters is 1. The number of ether oxygens (including phenoxy) is 1. The van der Waals surface area contributed by atoms with Crippen LogP contribution in [0.2, 0.25) is 0 Å². The van der Waals surface area contributed by atoms with Crippen molar-refractivity contribution in [3.05, 3.63) is 34.8 Å². The molecule has 1 aromatic heterocycles.